The Morgan fingerprint density at radius 3 is 2.78 bits per heavy atom. The van der Waals surface area contributed by atoms with E-state index < -0.39 is 0 Å². The highest BCUT2D eigenvalue weighted by Gasteiger charge is 2.35. The van der Waals surface area contributed by atoms with Crippen molar-refractivity contribution in [2.75, 3.05) is 26.9 Å². The quantitative estimate of drug-likeness (QED) is 0.804. The summed E-state index contributed by atoms with van der Waals surface area (Å²) in [6, 6.07) is 7.32. The lowest BCUT2D eigenvalue weighted by Crippen LogP contribution is -2.55. The van der Waals surface area contributed by atoms with Gasteiger partial charge in [0.15, 0.2) is 0 Å². The second-order valence-electron chi connectivity index (χ2n) is 5.02. The molecule has 0 saturated carbocycles. The Hall–Kier alpha value is -1.55. The molecule has 0 unspecified atom stereocenters. The van der Waals surface area contributed by atoms with Gasteiger partial charge < -0.3 is 14.4 Å². The number of ether oxygens (including phenoxy) is 2. The first kappa shape index (κ1) is 12.9. The van der Waals surface area contributed by atoms with Gasteiger partial charge in [-0.05, 0) is 26.0 Å². The van der Waals surface area contributed by atoms with Crippen LogP contribution in [0.1, 0.15) is 24.2 Å². The van der Waals surface area contributed by atoms with Crippen molar-refractivity contribution < 1.29 is 14.3 Å². The number of amides is 1. The van der Waals surface area contributed by atoms with Crippen LogP contribution in [0.4, 0.5) is 0 Å². The molecule has 1 heterocycles. The summed E-state index contributed by atoms with van der Waals surface area (Å²) in [7, 11) is 1.58. The fourth-order valence-corrected chi connectivity index (χ4v) is 2.20. The zero-order chi connectivity index (χ0) is 13.2. The number of nitrogens with zero attached hydrogens (tertiary/aromatic N) is 1. The molecular weight excluding hydrogens is 230 g/mol. The van der Waals surface area contributed by atoms with Gasteiger partial charge in [-0.15, -0.1) is 0 Å². The van der Waals surface area contributed by atoms with Crippen LogP contribution in [0, 0.1) is 0 Å². The standard InChI is InChI=1S/C14H19NO3/c1-14(2)10-18-9-8-15(14)13(16)11-6-4-5-7-12(11)17-3/h4-7H,8-10H2,1-3H3. The van der Waals surface area contributed by atoms with Crippen molar-refractivity contribution in [2.45, 2.75) is 19.4 Å². The summed E-state index contributed by atoms with van der Waals surface area (Å²) in [4.78, 5) is 14.4. The first-order valence-corrected chi connectivity index (χ1v) is 6.09. The minimum absolute atomic E-state index is 0.000694. The molecule has 98 valence electrons. The molecule has 18 heavy (non-hydrogen) atoms. The first-order chi connectivity index (χ1) is 8.56. The monoisotopic (exact) mass is 249 g/mol. The average molecular weight is 249 g/mol. The van der Waals surface area contributed by atoms with Crippen LogP contribution in [-0.4, -0.2) is 43.2 Å². The summed E-state index contributed by atoms with van der Waals surface area (Å²) in [6.07, 6.45) is 0. The van der Waals surface area contributed by atoms with Crippen LogP contribution in [0.2, 0.25) is 0 Å². The third kappa shape index (κ3) is 2.34. The van der Waals surface area contributed by atoms with E-state index in [0.29, 0.717) is 31.1 Å². The Morgan fingerprint density at radius 1 is 1.39 bits per heavy atom. The number of para-hydroxylation sites is 1. The van der Waals surface area contributed by atoms with E-state index in [1.807, 2.05) is 30.9 Å². The highest BCUT2D eigenvalue weighted by Crippen LogP contribution is 2.25. The van der Waals surface area contributed by atoms with Crippen LogP contribution in [-0.2, 0) is 4.74 Å². The Kier molecular flexibility index (Phi) is 3.57. The van der Waals surface area contributed by atoms with E-state index in [0.717, 1.165) is 0 Å². The summed E-state index contributed by atoms with van der Waals surface area (Å²) in [5.41, 5.74) is 0.325. The summed E-state index contributed by atoms with van der Waals surface area (Å²) in [6.45, 7) is 5.79. The molecule has 0 aliphatic carbocycles. The maximum atomic E-state index is 12.6. The number of carbonyl (C=O) groups excluding carboxylic acids is 1. The van der Waals surface area contributed by atoms with Crippen LogP contribution in [0.3, 0.4) is 0 Å². The van der Waals surface area contributed by atoms with Gasteiger partial charge in [-0.3, -0.25) is 4.79 Å². The summed E-state index contributed by atoms with van der Waals surface area (Å²) >= 11 is 0. The van der Waals surface area contributed by atoms with Gasteiger partial charge in [-0.25, -0.2) is 0 Å². The molecule has 1 amide bonds. The zero-order valence-corrected chi connectivity index (χ0v) is 11.1. The van der Waals surface area contributed by atoms with Gasteiger partial charge in [0.25, 0.3) is 5.91 Å². The van der Waals surface area contributed by atoms with Crippen LogP contribution in [0.25, 0.3) is 0 Å². The van der Waals surface area contributed by atoms with E-state index in [2.05, 4.69) is 0 Å². The van der Waals surface area contributed by atoms with Crippen molar-refractivity contribution >= 4 is 5.91 Å². The van der Waals surface area contributed by atoms with Gasteiger partial charge in [0.1, 0.15) is 5.75 Å². The van der Waals surface area contributed by atoms with E-state index in [-0.39, 0.29) is 11.4 Å². The Morgan fingerprint density at radius 2 is 2.11 bits per heavy atom. The molecule has 0 spiro atoms. The lowest BCUT2D eigenvalue weighted by atomic mass is 10.0. The number of hydrogen-bond acceptors (Lipinski definition) is 3. The fourth-order valence-electron chi connectivity index (χ4n) is 2.20. The van der Waals surface area contributed by atoms with Crippen molar-refractivity contribution in [2.24, 2.45) is 0 Å². The van der Waals surface area contributed by atoms with Crippen LogP contribution in [0.5, 0.6) is 5.75 Å². The molecule has 0 atom stereocenters. The van der Waals surface area contributed by atoms with Crippen LogP contribution in [0.15, 0.2) is 24.3 Å². The minimum atomic E-state index is -0.282. The molecule has 1 aromatic carbocycles. The first-order valence-electron chi connectivity index (χ1n) is 6.09. The molecule has 1 fully saturated rings. The Labute approximate surface area is 107 Å². The normalized spacial score (nSPS) is 18.5. The molecule has 0 bridgehead atoms. The number of carbonyl (C=O) groups is 1. The SMILES string of the molecule is COc1ccccc1C(=O)N1CCOCC1(C)C. The van der Waals surface area contributed by atoms with Gasteiger partial charge in [-0.1, -0.05) is 12.1 Å². The summed E-state index contributed by atoms with van der Waals surface area (Å²) in [5, 5.41) is 0. The van der Waals surface area contributed by atoms with Crippen molar-refractivity contribution in [3.05, 3.63) is 29.8 Å². The largest absolute Gasteiger partial charge is 0.496 e. The van der Waals surface area contributed by atoms with Crippen molar-refractivity contribution in [1.82, 2.24) is 4.90 Å². The third-order valence-electron chi connectivity index (χ3n) is 3.23. The third-order valence-corrected chi connectivity index (χ3v) is 3.23. The maximum Gasteiger partial charge on any atom is 0.258 e. The van der Waals surface area contributed by atoms with E-state index >= 15 is 0 Å². The number of morpholine rings is 1. The molecule has 1 saturated heterocycles. The highest BCUT2D eigenvalue weighted by molar-refractivity contribution is 5.97. The predicted octanol–water partition coefficient (Wildman–Crippen LogP) is 1.95. The van der Waals surface area contributed by atoms with Gasteiger partial charge >= 0.3 is 0 Å². The average Bonchev–Trinajstić information content (AvgIpc) is 2.37. The molecule has 4 heteroatoms. The second kappa shape index (κ2) is 4.98. The van der Waals surface area contributed by atoms with Gasteiger partial charge in [-0.2, -0.15) is 0 Å². The van der Waals surface area contributed by atoms with Gasteiger partial charge in [0.2, 0.25) is 0 Å². The van der Waals surface area contributed by atoms with Crippen LogP contribution < -0.4 is 4.74 Å². The number of hydrogen-bond donors (Lipinski definition) is 0. The summed E-state index contributed by atoms with van der Waals surface area (Å²) < 4.78 is 10.7. The highest BCUT2D eigenvalue weighted by atomic mass is 16.5. The Bertz CT molecular complexity index is 442. The smallest absolute Gasteiger partial charge is 0.258 e. The molecule has 2 rings (SSSR count). The lowest BCUT2D eigenvalue weighted by Gasteiger charge is -2.42. The summed E-state index contributed by atoms with van der Waals surface area (Å²) in [5.74, 6) is 0.616. The molecule has 1 aliphatic heterocycles. The number of methoxy groups -OCH3 is 1. The van der Waals surface area contributed by atoms with E-state index in [1.54, 1.807) is 19.2 Å². The topological polar surface area (TPSA) is 38.8 Å². The van der Waals surface area contributed by atoms with Crippen molar-refractivity contribution in [1.29, 1.82) is 0 Å². The van der Waals surface area contributed by atoms with Crippen molar-refractivity contribution in [3.8, 4) is 5.75 Å². The minimum Gasteiger partial charge on any atom is -0.496 e. The van der Waals surface area contributed by atoms with E-state index in [1.165, 1.54) is 0 Å². The Balaban J connectivity index is 2.30. The maximum absolute atomic E-state index is 12.6. The molecule has 0 radical (unpaired) electrons. The second-order valence-corrected chi connectivity index (χ2v) is 5.02. The predicted molar refractivity (Wildman–Crippen MR) is 68.9 cm³/mol. The van der Waals surface area contributed by atoms with Gasteiger partial charge in [0, 0.05) is 6.54 Å². The number of rotatable bonds is 2. The van der Waals surface area contributed by atoms with Gasteiger partial charge in [0.05, 0.1) is 31.4 Å². The molecular formula is C14H19NO3. The fraction of sp³-hybridized carbons (Fsp3) is 0.500. The molecule has 4 nitrogen and oxygen atoms in total. The molecule has 0 N–H and O–H groups in total. The lowest BCUT2D eigenvalue weighted by molar-refractivity contribution is -0.0371. The van der Waals surface area contributed by atoms with Crippen LogP contribution >= 0.6 is 0 Å². The van der Waals surface area contributed by atoms with Crippen molar-refractivity contribution in [3.63, 3.8) is 0 Å². The molecule has 0 aromatic heterocycles. The van der Waals surface area contributed by atoms with E-state index in [9.17, 15) is 4.79 Å². The zero-order valence-electron chi connectivity index (χ0n) is 11.1. The molecule has 1 aromatic rings. The molecule has 1 aliphatic rings. The van der Waals surface area contributed by atoms with E-state index in [4.69, 9.17) is 9.47 Å². The number of benzene rings is 1.